The maximum absolute atomic E-state index is 13.1. The van der Waals surface area contributed by atoms with Crippen molar-refractivity contribution in [3.63, 3.8) is 0 Å². The van der Waals surface area contributed by atoms with Gasteiger partial charge >= 0.3 is 0 Å². The minimum Gasteiger partial charge on any atom is -0.394 e. The van der Waals surface area contributed by atoms with Gasteiger partial charge in [0.05, 0.1) is 25.4 Å². The first-order valence-corrected chi connectivity index (χ1v) is 36.7. The monoisotopic (exact) mass is 1170 g/mol. The molecule has 0 spiro atoms. The molecule has 1 fully saturated rings. The van der Waals surface area contributed by atoms with Crippen molar-refractivity contribution in [2.24, 2.45) is 0 Å². The zero-order chi connectivity index (χ0) is 60.0. The number of hydrogen-bond acceptors (Lipinski definition) is 8. The van der Waals surface area contributed by atoms with Crippen molar-refractivity contribution in [3.05, 3.63) is 36.5 Å². The van der Waals surface area contributed by atoms with Gasteiger partial charge in [-0.05, 0) is 44.9 Å². The van der Waals surface area contributed by atoms with Crippen LogP contribution < -0.4 is 5.32 Å². The molecule has 1 rings (SSSR count). The molecule has 1 saturated heterocycles. The van der Waals surface area contributed by atoms with E-state index in [0.717, 1.165) is 44.9 Å². The number of carbonyl (C=O) groups excluding carboxylic acids is 1. The third-order valence-corrected chi connectivity index (χ3v) is 17.7. The molecule has 490 valence electrons. The molecule has 1 aliphatic rings. The molecule has 83 heavy (non-hydrogen) atoms. The molecule has 9 heteroatoms. The van der Waals surface area contributed by atoms with E-state index in [-0.39, 0.29) is 12.5 Å². The Kier molecular flexibility index (Phi) is 60.7. The molecule has 0 saturated carbocycles. The molecule has 6 N–H and O–H groups in total. The zero-order valence-corrected chi connectivity index (χ0v) is 55.0. The summed E-state index contributed by atoms with van der Waals surface area (Å²) in [6, 6.07) is -0.828. The fraction of sp³-hybridized carbons (Fsp3) is 0.905. The first kappa shape index (κ1) is 79.4. The first-order chi connectivity index (χ1) is 40.8. The van der Waals surface area contributed by atoms with Gasteiger partial charge in [-0.1, -0.05) is 359 Å². The molecule has 0 aliphatic carbocycles. The molecule has 7 atom stereocenters. The predicted octanol–water partition coefficient (Wildman–Crippen LogP) is 20.2. The van der Waals surface area contributed by atoms with Gasteiger partial charge in [-0.2, -0.15) is 0 Å². The highest BCUT2D eigenvalue weighted by atomic mass is 16.7. The van der Waals surface area contributed by atoms with Gasteiger partial charge in [0.25, 0.3) is 0 Å². The lowest BCUT2D eigenvalue weighted by Crippen LogP contribution is -2.60. The van der Waals surface area contributed by atoms with Crippen LogP contribution in [-0.2, 0) is 14.3 Å². The second kappa shape index (κ2) is 63.4. The zero-order valence-electron chi connectivity index (χ0n) is 55.0. The van der Waals surface area contributed by atoms with Crippen molar-refractivity contribution in [2.45, 2.75) is 416 Å². The van der Waals surface area contributed by atoms with Crippen LogP contribution in [0.15, 0.2) is 36.5 Å². The summed E-state index contributed by atoms with van der Waals surface area (Å²) < 4.78 is 11.3. The van der Waals surface area contributed by atoms with E-state index in [2.05, 4.69) is 43.5 Å². The third-order valence-electron chi connectivity index (χ3n) is 17.7. The normalized spacial score (nSPS) is 18.4. The Hall–Kier alpha value is -1.59. The third kappa shape index (κ3) is 52.1. The lowest BCUT2D eigenvalue weighted by Gasteiger charge is -2.40. The van der Waals surface area contributed by atoms with Crippen LogP contribution in [0.2, 0.25) is 0 Å². The van der Waals surface area contributed by atoms with Crippen molar-refractivity contribution in [1.29, 1.82) is 0 Å². The number of amides is 1. The maximum atomic E-state index is 13.1. The molecule has 0 aromatic rings. The number of rotatable bonds is 65. The molecule has 0 aromatic carbocycles. The Bertz CT molecular complexity index is 1410. The van der Waals surface area contributed by atoms with Gasteiger partial charge < -0.3 is 40.3 Å². The first-order valence-electron chi connectivity index (χ1n) is 36.7. The largest absolute Gasteiger partial charge is 0.394 e. The lowest BCUT2D eigenvalue weighted by atomic mass is 9.99. The minimum absolute atomic E-state index is 0.183. The van der Waals surface area contributed by atoms with Crippen LogP contribution in [-0.4, -0.2) is 87.5 Å². The van der Waals surface area contributed by atoms with E-state index < -0.39 is 49.5 Å². The van der Waals surface area contributed by atoms with Gasteiger partial charge in [0, 0.05) is 6.42 Å². The summed E-state index contributed by atoms with van der Waals surface area (Å²) in [6.45, 7) is 3.81. The van der Waals surface area contributed by atoms with Crippen LogP contribution in [0.5, 0.6) is 0 Å². The Balaban J connectivity index is 2.06. The highest BCUT2D eigenvalue weighted by Gasteiger charge is 2.44. The Morgan fingerprint density at radius 1 is 0.398 bits per heavy atom. The molecule has 7 unspecified atom stereocenters. The molecule has 0 aromatic heterocycles. The highest BCUT2D eigenvalue weighted by Crippen LogP contribution is 2.24. The second-order valence-electron chi connectivity index (χ2n) is 25.7. The maximum Gasteiger partial charge on any atom is 0.220 e. The van der Waals surface area contributed by atoms with E-state index in [1.165, 1.54) is 308 Å². The number of aliphatic hydroxyl groups excluding tert-OH is 5. The molecule has 1 heterocycles. The van der Waals surface area contributed by atoms with Crippen LogP contribution in [0.25, 0.3) is 0 Å². The summed E-state index contributed by atoms with van der Waals surface area (Å²) >= 11 is 0. The van der Waals surface area contributed by atoms with Crippen molar-refractivity contribution < 1.29 is 39.8 Å². The fourth-order valence-electron chi connectivity index (χ4n) is 12.0. The van der Waals surface area contributed by atoms with Gasteiger partial charge in [0.2, 0.25) is 5.91 Å². The van der Waals surface area contributed by atoms with Gasteiger partial charge in [0.15, 0.2) is 6.29 Å². The number of hydrogen-bond donors (Lipinski definition) is 6. The number of aliphatic hydroxyl groups is 5. The lowest BCUT2D eigenvalue weighted by molar-refractivity contribution is -0.302. The van der Waals surface area contributed by atoms with Crippen LogP contribution in [0.3, 0.4) is 0 Å². The van der Waals surface area contributed by atoms with Gasteiger partial charge in [-0.15, -0.1) is 0 Å². The van der Waals surface area contributed by atoms with E-state index >= 15 is 0 Å². The Morgan fingerprint density at radius 3 is 1.01 bits per heavy atom. The van der Waals surface area contributed by atoms with Gasteiger partial charge in [-0.3, -0.25) is 4.79 Å². The van der Waals surface area contributed by atoms with Crippen LogP contribution in [0.4, 0.5) is 0 Å². The van der Waals surface area contributed by atoms with E-state index in [0.29, 0.717) is 6.42 Å². The molecule has 1 amide bonds. The number of allylic oxidation sites excluding steroid dienone is 5. The summed E-state index contributed by atoms with van der Waals surface area (Å²) in [6.07, 6.45) is 78.6. The van der Waals surface area contributed by atoms with E-state index in [9.17, 15) is 30.3 Å². The molecule has 0 bridgehead atoms. The van der Waals surface area contributed by atoms with Crippen molar-refractivity contribution >= 4 is 5.91 Å². The number of carbonyl (C=O) groups is 1. The van der Waals surface area contributed by atoms with Crippen LogP contribution in [0, 0.1) is 0 Å². The molecular formula is C74H141NO8. The Labute approximate surface area is 514 Å². The van der Waals surface area contributed by atoms with Crippen molar-refractivity contribution in [2.75, 3.05) is 13.2 Å². The van der Waals surface area contributed by atoms with Gasteiger partial charge in [-0.25, -0.2) is 0 Å². The van der Waals surface area contributed by atoms with E-state index in [4.69, 9.17) is 9.47 Å². The summed E-state index contributed by atoms with van der Waals surface area (Å²) in [5.74, 6) is -0.183. The SMILES string of the molecule is CCCCCCCCCCCCC/C=C/CC/C=C/CC/C=C/C(O)C(COC1OC(CO)C(O)C(O)C1O)NC(=O)CCCCCCCCCCCCCCCCCCCCCCCCCCCCCCCCCCCCCCCCC. The quantitative estimate of drug-likeness (QED) is 0.0261. The standard InChI is InChI=1S/C74H141NO8/c1-3-5-7-9-11-13-15-17-19-21-23-25-26-27-28-29-30-31-32-33-34-35-36-37-38-39-40-41-42-44-46-48-50-52-54-56-58-60-62-64-70(78)75-67(66-82-74-73(81)72(80)71(79)69(65-76)83-74)68(77)63-61-59-57-55-53-51-49-47-45-43-24-22-20-18-16-14-12-10-8-6-4-2/h45,47,53,55,61,63,67-69,71-74,76-77,79-81H,3-44,46,48-52,54,56-60,62,64-66H2,1-2H3,(H,75,78)/b47-45+,55-53+,63-61+. The van der Waals surface area contributed by atoms with E-state index in [1.54, 1.807) is 6.08 Å². The molecular weight excluding hydrogens is 1030 g/mol. The van der Waals surface area contributed by atoms with E-state index in [1.807, 2.05) is 6.08 Å². The molecule has 1 aliphatic heterocycles. The minimum atomic E-state index is -1.57. The Morgan fingerprint density at radius 2 is 0.687 bits per heavy atom. The number of unbranched alkanes of at least 4 members (excludes halogenated alkanes) is 51. The van der Waals surface area contributed by atoms with Gasteiger partial charge in [0.1, 0.15) is 24.4 Å². The van der Waals surface area contributed by atoms with Crippen LogP contribution in [0.1, 0.15) is 373 Å². The highest BCUT2D eigenvalue weighted by molar-refractivity contribution is 5.76. The average Bonchev–Trinajstić information content (AvgIpc) is 3.49. The summed E-state index contributed by atoms with van der Waals surface area (Å²) in [5, 5.41) is 54.7. The second-order valence-corrected chi connectivity index (χ2v) is 25.7. The fourth-order valence-corrected chi connectivity index (χ4v) is 12.0. The number of nitrogens with one attached hydrogen (secondary N) is 1. The smallest absolute Gasteiger partial charge is 0.220 e. The summed E-state index contributed by atoms with van der Waals surface area (Å²) in [4.78, 5) is 13.1. The average molecular weight is 1170 g/mol. The van der Waals surface area contributed by atoms with Crippen molar-refractivity contribution in [1.82, 2.24) is 5.32 Å². The molecule has 0 radical (unpaired) electrons. The number of ether oxygens (including phenoxy) is 2. The van der Waals surface area contributed by atoms with Crippen LogP contribution >= 0.6 is 0 Å². The predicted molar refractivity (Wildman–Crippen MR) is 355 cm³/mol. The summed E-state index contributed by atoms with van der Waals surface area (Å²) in [7, 11) is 0. The topological polar surface area (TPSA) is 149 Å². The summed E-state index contributed by atoms with van der Waals surface area (Å²) in [5.41, 5.74) is 0. The van der Waals surface area contributed by atoms with Crippen molar-refractivity contribution in [3.8, 4) is 0 Å². The molecule has 9 nitrogen and oxygen atoms in total.